The van der Waals surface area contributed by atoms with E-state index in [1.165, 1.54) is 13.8 Å². The average Bonchev–Trinajstić information content (AvgIpc) is 2.24. The predicted octanol–water partition coefficient (Wildman–Crippen LogP) is 1.59. The molecule has 0 aromatic heterocycles. The molecular formula is C13H27NO3. The zero-order valence-electron chi connectivity index (χ0n) is 11.5. The van der Waals surface area contributed by atoms with Crippen LogP contribution in [-0.4, -0.2) is 33.9 Å². The number of unbranched alkanes of at least 4 members (excludes halogenated alkanes) is 2. The average molecular weight is 245 g/mol. The van der Waals surface area contributed by atoms with Gasteiger partial charge >= 0.3 is 0 Å². The molecule has 0 rings (SSSR count). The SMILES string of the molecule is CCCCNC(=O)C(O)(CCCC)C(C)(C)O. The lowest BCUT2D eigenvalue weighted by Gasteiger charge is -2.37. The number of hydrogen-bond donors (Lipinski definition) is 3. The minimum absolute atomic E-state index is 0.283. The minimum Gasteiger partial charge on any atom is -0.387 e. The Morgan fingerprint density at radius 3 is 2.06 bits per heavy atom. The molecule has 0 saturated heterocycles. The number of amides is 1. The number of carbonyl (C=O) groups is 1. The van der Waals surface area contributed by atoms with Crippen LogP contribution in [0.5, 0.6) is 0 Å². The highest BCUT2D eigenvalue weighted by molar-refractivity contribution is 5.86. The molecule has 0 aliphatic heterocycles. The van der Waals surface area contributed by atoms with Crippen molar-refractivity contribution in [3.8, 4) is 0 Å². The largest absolute Gasteiger partial charge is 0.387 e. The quantitative estimate of drug-likeness (QED) is 0.569. The maximum absolute atomic E-state index is 12.0. The van der Waals surface area contributed by atoms with Crippen LogP contribution in [0.15, 0.2) is 0 Å². The third-order valence-electron chi connectivity index (χ3n) is 3.10. The van der Waals surface area contributed by atoms with E-state index >= 15 is 0 Å². The summed E-state index contributed by atoms with van der Waals surface area (Å²) in [5.74, 6) is -0.466. The van der Waals surface area contributed by atoms with Gasteiger partial charge in [0.05, 0.1) is 5.60 Å². The Labute approximate surface area is 104 Å². The monoisotopic (exact) mass is 245 g/mol. The first-order valence-corrected chi connectivity index (χ1v) is 6.52. The van der Waals surface area contributed by atoms with Gasteiger partial charge < -0.3 is 15.5 Å². The van der Waals surface area contributed by atoms with Crippen LogP contribution < -0.4 is 5.32 Å². The van der Waals surface area contributed by atoms with Gasteiger partial charge in [-0.15, -0.1) is 0 Å². The predicted molar refractivity (Wildman–Crippen MR) is 68.7 cm³/mol. The van der Waals surface area contributed by atoms with Crippen molar-refractivity contribution in [2.24, 2.45) is 0 Å². The van der Waals surface area contributed by atoms with Crippen molar-refractivity contribution in [2.45, 2.75) is 71.0 Å². The van der Waals surface area contributed by atoms with Gasteiger partial charge in [0.1, 0.15) is 0 Å². The fourth-order valence-electron chi connectivity index (χ4n) is 1.65. The molecule has 3 N–H and O–H groups in total. The molecule has 1 amide bonds. The summed E-state index contributed by atoms with van der Waals surface area (Å²) in [5, 5.41) is 23.1. The van der Waals surface area contributed by atoms with Gasteiger partial charge in [-0.1, -0.05) is 33.1 Å². The molecule has 17 heavy (non-hydrogen) atoms. The molecule has 0 spiro atoms. The molecule has 0 fully saturated rings. The van der Waals surface area contributed by atoms with Crippen LogP contribution in [0.4, 0.5) is 0 Å². The van der Waals surface area contributed by atoms with Gasteiger partial charge in [0.15, 0.2) is 5.60 Å². The van der Waals surface area contributed by atoms with Crippen LogP contribution in [0.1, 0.15) is 59.8 Å². The van der Waals surface area contributed by atoms with Gasteiger partial charge in [0, 0.05) is 6.54 Å². The van der Waals surface area contributed by atoms with E-state index in [2.05, 4.69) is 5.32 Å². The number of hydrogen-bond acceptors (Lipinski definition) is 3. The lowest BCUT2D eigenvalue weighted by Crippen LogP contribution is -2.60. The van der Waals surface area contributed by atoms with E-state index in [1.807, 2.05) is 13.8 Å². The summed E-state index contributed by atoms with van der Waals surface area (Å²) >= 11 is 0. The first kappa shape index (κ1) is 16.4. The van der Waals surface area contributed by atoms with Crippen LogP contribution in [0, 0.1) is 0 Å². The molecule has 1 atom stereocenters. The molecule has 0 aliphatic rings. The Morgan fingerprint density at radius 2 is 1.65 bits per heavy atom. The van der Waals surface area contributed by atoms with Crippen LogP contribution in [0.25, 0.3) is 0 Å². The second-order valence-electron chi connectivity index (χ2n) is 5.13. The van der Waals surface area contributed by atoms with E-state index in [0.29, 0.717) is 13.0 Å². The molecule has 4 nitrogen and oxygen atoms in total. The Balaban J connectivity index is 4.62. The third-order valence-corrected chi connectivity index (χ3v) is 3.10. The van der Waals surface area contributed by atoms with E-state index in [0.717, 1.165) is 19.3 Å². The summed E-state index contributed by atoms with van der Waals surface area (Å²) in [6.45, 7) is 7.51. The lowest BCUT2D eigenvalue weighted by atomic mass is 9.81. The van der Waals surface area contributed by atoms with Gasteiger partial charge in [0.25, 0.3) is 5.91 Å². The van der Waals surface area contributed by atoms with Gasteiger partial charge in [-0.2, -0.15) is 0 Å². The normalized spacial score (nSPS) is 15.4. The van der Waals surface area contributed by atoms with Gasteiger partial charge in [-0.05, 0) is 26.7 Å². The van der Waals surface area contributed by atoms with Crippen molar-refractivity contribution in [3.05, 3.63) is 0 Å². The molecule has 0 bridgehead atoms. The lowest BCUT2D eigenvalue weighted by molar-refractivity contribution is -0.170. The minimum atomic E-state index is -1.70. The van der Waals surface area contributed by atoms with Crippen LogP contribution in [0.3, 0.4) is 0 Å². The summed E-state index contributed by atoms with van der Waals surface area (Å²) in [6.07, 6.45) is 3.73. The number of nitrogens with one attached hydrogen (secondary N) is 1. The standard InChI is InChI=1S/C13H27NO3/c1-5-7-9-13(17,12(3,4)16)11(15)14-10-8-6-2/h16-17H,5-10H2,1-4H3,(H,14,15). The van der Waals surface area contributed by atoms with Crippen LogP contribution in [-0.2, 0) is 4.79 Å². The second kappa shape index (κ2) is 6.97. The van der Waals surface area contributed by atoms with Gasteiger partial charge in [0.2, 0.25) is 0 Å². The molecular weight excluding hydrogens is 218 g/mol. The summed E-state index contributed by atoms with van der Waals surface area (Å²) < 4.78 is 0. The van der Waals surface area contributed by atoms with Gasteiger partial charge in [-0.25, -0.2) is 0 Å². The van der Waals surface area contributed by atoms with Crippen LogP contribution in [0.2, 0.25) is 0 Å². The van der Waals surface area contributed by atoms with Gasteiger partial charge in [-0.3, -0.25) is 4.79 Å². The zero-order valence-corrected chi connectivity index (χ0v) is 11.5. The maximum atomic E-state index is 12.0. The Morgan fingerprint density at radius 1 is 1.12 bits per heavy atom. The summed E-state index contributed by atoms with van der Waals surface area (Å²) in [5.41, 5.74) is -3.13. The topological polar surface area (TPSA) is 69.6 Å². The van der Waals surface area contributed by atoms with E-state index in [-0.39, 0.29) is 6.42 Å². The van der Waals surface area contributed by atoms with Crippen LogP contribution >= 0.6 is 0 Å². The molecule has 0 radical (unpaired) electrons. The van der Waals surface area contributed by atoms with E-state index in [9.17, 15) is 15.0 Å². The fraction of sp³-hybridized carbons (Fsp3) is 0.923. The molecule has 0 aromatic carbocycles. The van der Waals surface area contributed by atoms with E-state index in [1.54, 1.807) is 0 Å². The molecule has 4 heteroatoms. The van der Waals surface area contributed by atoms with Crippen molar-refractivity contribution in [1.29, 1.82) is 0 Å². The molecule has 102 valence electrons. The summed E-state index contributed by atoms with van der Waals surface area (Å²) in [7, 11) is 0. The maximum Gasteiger partial charge on any atom is 0.254 e. The van der Waals surface area contributed by atoms with Crippen molar-refractivity contribution in [1.82, 2.24) is 5.32 Å². The summed E-state index contributed by atoms with van der Waals surface area (Å²) in [6, 6.07) is 0. The third kappa shape index (κ3) is 4.64. The van der Waals surface area contributed by atoms with Crippen molar-refractivity contribution in [2.75, 3.05) is 6.54 Å². The molecule has 0 aliphatic carbocycles. The number of carbonyl (C=O) groups excluding carboxylic acids is 1. The van der Waals surface area contributed by atoms with Crippen molar-refractivity contribution >= 4 is 5.91 Å². The van der Waals surface area contributed by atoms with E-state index in [4.69, 9.17) is 0 Å². The molecule has 0 aromatic rings. The van der Waals surface area contributed by atoms with E-state index < -0.39 is 17.1 Å². The molecule has 0 heterocycles. The molecule has 0 saturated carbocycles. The zero-order chi connectivity index (χ0) is 13.5. The smallest absolute Gasteiger partial charge is 0.254 e. The van der Waals surface area contributed by atoms with Crippen molar-refractivity contribution in [3.63, 3.8) is 0 Å². The second-order valence-corrected chi connectivity index (χ2v) is 5.13. The summed E-state index contributed by atoms with van der Waals surface area (Å²) in [4.78, 5) is 12.0. The first-order valence-electron chi connectivity index (χ1n) is 6.52. The molecule has 1 unspecified atom stereocenters. The Bertz CT molecular complexity index is 235. The highest BCUT2D eigenvalue weighted by Gasteiger charge is 2.47. The fourth-order valence-corrected chi connectivity index (χ4v) is 1.65. The highest BCUT2D eigenvalue weighted by atomic mass is 16.4. The number of aliphatic hydroxyl groups is 2. The highest BCUT2D eigenvalue weighted by Crippen LogP contribution is 2.27. The number of rotatable bonds is 8. The Kier molecular flexibility index (Phi) is 6.72. The Hall–Kier alpha value is -0.610. The van der Waals surface area contributed by atoms with Crippen molar-refractivity contribution < 1.29 is 15.0 Å². The first-order chi connectivity index (χ1) is 7.79.